The molecule has 0 saturated carbocycles. The molecule has 0 radical (unpaired) electrons. The third kappa shape index (κ3) is 4.75. The summed E-state index contributed by atoms with van der Waals surface area (Å²) in [6.07, 6.45) is 0. The van der Waals surface area contributed by atoms with Gasteiger partial charge in [-0.25, -0.2) is 8.42 Å². The number of rotatable bonds is 4. The van der Waals surface area contributed by atoms with E-state index in [2.05, 4.69) is 9.62 Å². The second-order valence-corrected chi connectivity index (χ2v) is 7.77. The Balaban J connectivity index is 0.00000243. The highest BCUT2D eigenvalue weighted by Crippen LogP contribution is 2.17. The Morgan fingerprint density at radius 2 is 1.50 bits per heavy atom. The van der Waals surface area contributed by atoms with Gasteiger partial charge in [0.1, 0.15) is 0 Å². The molecule has 0 spiro atoms. The Kier molecular flexibility index (Phi) is 6.63. The minimum atomic E-state index is -3.67. The lowest BCUT2D eigenvalue weighted by atomic mass is 10.2. The minimum Gasteiger partial charge on any atom is -0.336 e. The van der Waals surface area contributed by atoms with E-state index in [0.717, 1.165) is 13.1 Å². The fourth-order valence-electron chi connectivity index (χ4n) is 2.69. The number of sulfonamides is 1. The molecular weight excluding hydrogens is 374 g/mol. The average molecular weight is 396 g/mol. The Hall–Kier alpha value is -2.09. The number of carbonyl (C=O) groups excluding carboxylic acids is 1. The van der Waals surface area contributed by atoms with Crippen molar-refractivity contribution in [3.05, 3.63) is 60.2 Å². The van der Waals surface area contributed by atoms with E-state index >= 15 is 0 Å². The van der Waals surface area contributed by atoms with Crippen molar-refractivity contribution in [3.8, 4) is 0 Å². The van der Waals surface area contributed by atoms with Crippen LogP contribution in [0.15, 0.2) is 59.5 Å². The number of hydrogen-bond donors (Lipinski definition) is 1. The molecule has 8 heteroatoms. The molecule has 0 aliphatic carbocycles. The number of likely N-dealkylation sites (N-methyl/N-ethyl adjacent to an activating group) is 1. The summed E-state index contributed by atoms with van der Waals surface area (Å²) in [5.41, 5.74) is 1.00. The molecule has 0 bridgehead atoms. The van der Waals surface area contributed by atoms with Crippen molar-refractivity contribution in [2.75, 3.05) is 37.9 Å². The van der Waals surface area contributed by atoms with Gasteiger partial charge in [0.15, 0.2) is 0 Å². The summed E-state index contributed by atoms with van der Waals surface area (Å²) >= 11 is 0. The molecule has 0 aromatic heterocycles. The summed E-state index contributed by atoms with van der Waals surface area (Å²) in [7, 11) is -1.64. The maximum atomic E-state index is 12.5. The second kappa shape index (κ2) is 8.53. The predicted octanol–water partition coefficient (Wildman–Crippen LogP) is 2.30. The lowest BCUT2D eigenvalue weighted by Gasteiger charge is -2.32. The van der Waals surface area contributed by atoms with Gasteiger partial charge in [-0.15, -0.1) is 12.4 Å². The van der Waals surface area contributed by atoms with Gasteiger partial charge in [0.2, 0.25) is 0 Å². The molecule has 2 aromatic carbocycles. The number of nitrogens with one attached hydrogen (secondary N) is 1. The molecule has 1 aliphatic heterocycles. The first-order valence-corrected chi connectivity index (χ1v) is 9.60. The van der Waals surface area contributed by atoms with Crippen LogP contribution < -0.4 is 4.72 Å². The van der Waals surface area contributed by atoms with Crippen LogP contribution >= 0.6 is 12.4 Å². The highest BCUT2D eigenvalue weighted by Gasteiger charge is 2.21. The molecule has 3 rings (SSSR count). The summed E-state index contributed by atoms with van der Waals surface area (Å²) in [5.74, 6) is -0.0620. The largest absolute Gasteiger partial charge is 0.336 e. The van der Waals surface area contributed by atoms with Gasteiger partial charge in [-0.1, -0.05) is 18.2 Å². The summed E-state index contributed by atoms with van der Waals surface area (Å²) in [6, 6.07) is 14.8. The molecule has 1 N–H and O–H groups in total. The number of amides is 1. The Bertz CT molecular complexity index is 834. The van der Waals surface area contributed by atoms with Crippen molar-refractivity contribution in [3.63, 3.8) is 0 Å². The highest BCUT2D eigenvalue weighted by molar-refractivity contribution is 7.92. The van der Waals surface area contributed by atoms with Crippen molar-refractivity contribution < 1.29 is 13.2 Å². The first kappa shape index (κ1) is 20.2. The van der Waals surface area contributed by atoms with E-state index in [1.54, 1.807) is 41.3 Å². The standard InChI is InChI=1S/C18H21N3O3S.ClH/c1-20-11-13-21(14-12-20)18(22)15-7-9-17(10-8-15)25(23,24)19-16-5-3-2-4-6-16;/h2-10,19H,11-14H2,1H3;1H. The molecule has 1 saturated heterocycles. The summed E-state index contributed by atoms with van der Waals surface area (Å²) in [4.78, 5) is 16.6. The topological polar surface area (TPSA) is 69.7 Å². The number of hydrogen-bond acceptors (Lipinski definition) is 4. The molecule has 140 valence electrons. The number of benzene rings is 2. The Morgan fingerprint density at radius 1 is 0.923 bits per heavy atom. The number of anilines is 1. The number of carbonyl (C=O) groups is 1. The fourth-order valence-corrected chi connectivity index (χ4v) is 3.75. The molecule has 26 heavy (non-hydrogen) atoms. The van der Waals surface area contributed by atoms with Crippen LogP contribution in [-0.4, -0.2) is 57.4 Å². The Morgan fingerprint density at radius 3 is 2.08 bits per heavy atom. The lowest BCUT2D eigenvalue weighted by molar-refractivity contribution is 0.0664. The van der Waals surface area contributed by atoms with Crippen LogP contribution in [0.2, 0.25) is 0 Å². The molecule has 2 aromatic rings. The fraction of sp³-hybridized carbons (Fsp3) is 0.278. The zero-order valence-electron chi connectivity index (χ0n) is 14.5. The minimum absolute atomic E-state index is 0. The van der Waals surface area contributed by atoms with E-state index in [9.17, 15) is 13.2 Å². The van der Waals surface area contributed by atoms with Crippen LogP contribution in [0, 0.1) is 0 Å². The Labute approximate surface area is 160 Å². The maximum Gasteiger partial charge on any atom is 0.261 e. The molecule has 1 aliphatic rings. The van der Waals surface area contributed by atoms with E-state index in [0.29, 0.717) is 24.3 Å². The second-order valence-electron chi connectivity index (χ2n) is 6.09. The molecular formula is C18H22ClN3O3S. The SMILES string of the molecule is CN1CCN(C(=O)c2ccc(S(=O)(=O)Nc3ccccc3)cc2)CC1.Cl. The zero-order chi connectivity index (χ0) is 17.9. The van der Waals surface area contributed by atoms with Gasteiger partial charge in [0.05, 0.1) is 4.90 Å². The molecule has 1 fully saturated rings. The quantitative estimate of drug-likeness (QED) is 0.862. The summed E-state index contributed by atoms with van der Waals surface area (Å²) in [6.45, 7) is 3.06. The van der Waals surface area contributed by atoms with E-state index < -0.39 is 10.0 Å². The number of para-hydroxylation sites is 1. The molecule has 0 unspecified atom stereocenters. The first-order chi connectivity index (χ1) is 12.0. The van der Waals surface area contributed by atoms with E-state index in [-0.39, 0.29) is 23.2 Å². The van der Waals surface area contributed by atoms with Crippen molar-refractivity contribution in [1.82, 2.24) is 9.80 Å². The van der Waals surface area contributed by atoms with E-state index in [1.807, 2.05) is 13.1 Å². The van der Waals surface area contributed by atoms with Gasteiger partial charge >= 0.3 is 0 Å². The number of piperazine rings is 1. The third-order valence-corrected chi connectivity index (χ3v) is 5.63. The van der Waals surface area contributed by atoms with Crippen LogP contribution in [0.25, 0.3) is 0 Å². The van der Waals surface area contributed by atoms with Crippen LogP contribution in [0.5, 0.6) is 0 Å². The van der Waals surface area contributed by atoms with Gasteiger partial charge in [0, 0.05) is 37.4 Å². The molecule has 0 atom stereocenters. The van der Waals surface area contributed by atoms with E-state index in [4.69, 9.17) is 0 Å². The van der Waals surface area contributed by atoms with Crippen molar-refractivity contribution >= 4 is 34.0 Å². The van der Waals surface area contributed by atoms with Crippen LogP contribution in [-0.2, 0) is 10.0 Å². The van der Waals surface area contributed by atoms with Gasteiger partial charge in [-0.2, -0.15) is 0 Å². The maximum absolute atomic E-state index is 12.5. The summed E-state index contributed by atoms with van der Waals surface area (Å²) in [5, 5.41) is 0. The van der Waals surface area contributed by atoms with Crippen LogP contribution in [0.1, 0.15) is 10.4 Å². The van der Waals surface area contributed by atoms with Gasteiger partial charge in [0.25, 0.3) is 15.9 Å². The van der Waals surface area contributed by atoms with Gasteiger partial charge in [-0.3, -0.25) is 9.52 Å². The molecule has 1 heterocycles. The number of halogens is 1. The highest BCUT2D eigenvalue weighted by atomic mass is 35.5. The average Bonchev–Trinajstić information content (AvgIpc) is 2.62. The summed E-state index contributed by atoms with van der Waals surface area (Å²) < 4.78 is 27.3. The van der Waals surface area contributed by atoms with Crippen molar-refractivity contribution in [2.45, 2.75) is 4.90 Å². The monoisotopic (exact) mass is 395 g/mol. The van der Waals surface area contributed by atoms with Crippen molar-refractivity contribution in [1.29, 1.82) is 0 Å². The van der Waals surface area contributed by atoms with Crippen LogP contribution in [0.3, 0.4) is 0 Å². The molecule has 1 amide bonds. The van der Waals surface area contributed by atoms with Gasteiger partial charge < -0.3 is 9.80 Å². The third-order valence-electron chi connectivity index (χ3n) is 4.23. The predicted molar refractivity (Wildman–Crippen MR) is 104 cm³/mol. The normalized spacial score (nSPS) is 15.2. The lowest BCUT2D eigenvalue weighted by Crippen LogP contribution is -2.47. The number of nitrogens with zero attached hydrogens (tertiary/aromatic N) is 2. The van der Waals surface area contributed by atoms with E-state index in [1.165, 1.54) is 12.1 Å². The van der Waals surface area contributed by atoms with Crippen molar-refractivity contribution in [2.24, 2.45) is 0 Å². The van der Waals surface area contributed by atoms with Crippen LogP contribution in [0.4, 0.5) is 5.69 Å². The first-order valence-electron chi connectivity index (χ1n) is 8.11. The van der Waals surface area contributed by atoms with Gasteiger partial charge in [-0.05, 0) is 43.4 Å². The zero-order valence-corrected chi connectivity index (χ0v) is 16.1. The smallest absolute Gasteiger partial charge is 0.261 e. The molecule has 6 nitrogen and oxygen atoms in total.